The molecule has 1 aliphatic carbocycles. The largest absolute Gasteiger partial charge is 0.315 e. The smallest absolute Gasteiger partial charge is 0.0719 e. The number of thiol groups is 1. The van der Waals surface area contributed by atoms with Crippen LogP contribution >= 0.6 is 12.9 Å². The van der Waals surface area contributed by atoms with Crippen LogP contribution in [0.1, 0.15) is 25.7 Å². The van der Waals surface area contributed by atoms with Crippen molar-refractivity contribution in [3.05, 3.63) is 12.7 Å². The summed E-state index contributed by atoms with van der Waals surface area (Å²) >= 11 is 3.80. The molecule has 0 radical (unpaired) electrons. The summed E-state index contributed by atoms with van der Waals surface area (Å²) in [6.45, 7) is 3.78. The zero-order valence-electron chi connectivity index (χ0n) is 6.12. The van der Waals surface area contributed by atoms with Crippen molar-refractivity contribution in [1.82, 2.24) is 0 Å². The summed E-state index contributed by atoms with van der Waals surface area (Å²) in [5.41, 5.74) is 0. The Kier molecular flexibility index (Phi) is 3.29. The Morgan fingerprint density at radius 1 is 1.30 bits per heavy atom. The summed E-state index contributed by atoms with van der Waals surface area (Å²) in [6, 6.07) is 0. The number of hydrogen-bond acceptors (Lipinski definition) is 2. The Balaban J connectivity index is 2.23. The van der Waals surface area contributed by atoms with Gasteiger partial charge in [-0.1, -0.05) is 6.08 Å². The van der Waals surface area contributed by atoms with E-state index in [-0.39, 0.29) is 0 Å². The lowest BCUT2D eigenvalue weighted by molar-refractivity contribution is 0.172. The topological polar surface area (TPSA) is 9.23 Å². The zero-order chi connectivity index (χ0) is 7.40. The highest BCUT2D eigenvalue weighted by Gasteiger charge is 2.18. The van der Waals surface area contributed by atoms with Gasteiger partial charge in [-0.25, -0.2) is 0 Å². The van der Waals surface area contributed by atoms with E-state index in [1.807, 2.05) is 0 Å². The van der Waals surface area contributed by atoms with Gasteiger partial charge in [-0.15, -0.1) is 6.58 Å². The summed E-state index contributed by atoms with van der Waals surface area (Å²) < 4.78 is 4.94. The number of rotatable bonds is 2. The summed E-state index contributed by atoms with van der Waals surface area (Å²) in [5.74, 6) is 0.722. The van der Waals surface area contributed by atoms with Crippen LogP contribution in [0.4, 0.5) is 0 Å². The van der Waals surface area contributed by atoms with E-state index in [9.17, 15) is 0 Å². The van der Waals surface area contributed by atoms with Crippen LogP contribution in [-0.2, 0) is 4.18 Å². The molecule has 1 nitrogen and oxygen atoms in total. The predicted molar refractivity (Wildman–Crippen MR) is 46.0 cm³/mol. The second kappa shape index (κ2) is 4.04. The second-order valence-electron chi connectivity index (χ2n) is 2.88. The third-order valence-electron chi connectivity index (χ3n) is 2.20. The molecule has 0 aliphatic heterocycles. The average molecular weight is 158 g/mol. The van der Waals surface area contributed by atoms with Gasteiger partial charge in [-0.05, 0) is 44.5 Å². The van der Waals surface area contributed by atoms with E-state index in [2.05, 4.69) is 25.6 Å². The lowest BCUT2D eigenvalue weighted by Gasteiger charge is -2.24. The summed E-state index contributed by atoms with van der Waals surface area (Å²) in [4.78, 5) is 0. The van der Waals surface area contributed by atoms with Crippen LogP contribution in [0, 0.1) is 5.92 Å². The maximum absolute atomic E-state index is 4.94. The Morgan fingerprint density at radius 3 is 2.30 bits per heavy atom. The van der Waals surface area contributed by atoms with E-state index in [0.717, 1.165) is 18.8 Å². The highest BCUT2D eigenvalue weighted by atomic mass is 32.1. The third-order valence-corrected chi connectivity index (χ3v) is 2.50. The fraction of sp³-hybridized carbons (Fsp3) is 0.750. The molecule has 0 amide bonds. The van der Waals surface area contributed by atoms with Gasteiger partial charge < -0.3 is 4.18 Å². The lowest BCUT2D eigenvalue weighted by Crippen LogP contribution is -2.17. The molecule has 0 saturated heterocycles. The number of allylic oxidation sites excluding steroid dienone is 1. The van der Waals surface area contributed by atoms with Crippen LogP contribution in [0.5, 0.6) is 0 Å². The van der Waals surface area contributed by atoms with Crippen molar-refractivity contribution in [3.8, 4) is 0 Å². The first-order valence-electron chi connectivity index (χ1n) is 3.79. The normalized spacial score (nSPS) is 33.7. The van der Waals surface area contributed by atoms with Crippen molar-refractivity contribution in [1.29, 1.82) is 0 Å². The van der Waals surface area contributed by atoms with Gasteiger partial charge in [0.15, 0.2) is 0 Å². The molecular weight excluding hydrogens is 144 g/mol. The van der Waals surface area contributed by atoms with Gasteiger partial charge in [0.2, 0.25) is 0 Å². The van der Waals surface area contributed by atoms with Gasteiger partial charge >= 0.3 is 0 Å². The molecule has 1 fully saturated rings. The molecule has 0 aromatic carbocycles. The lowest BCUT2D eigenvalue weighted by atomic mass is 9.88. The van der Waals surface area contributed by atoms with Crippen molar-refractivity contribution in [2.24, 2.45) is 5.92 Å². The molecule has 10 heavy (non-hydrogen) atoms. The summed E-state index contributed by atoms with van der Waals surface area (Å²) in [7, 11) is 0. The second-order valence-corrected chi connectivity index (χ2v) is 3.09. The zero-order valence-corrected chi connectivity index (χ0v) is 7.02. The minimum atomic E-state index is 0.388. The number of hydrogen-bond donors (Lipinski definition) is 1. The quantitative estimate of drug-likeness (QED) is 0.369. The molecule has 0 bridgehead atoms. The van der Waals surface area contributed by atoms with Gasteiger partial charge in [-0.2, -0.15) is 0 Å². The molecule has 0 aromatic rings. The van der Waals surface area contributed by atoms with Gasteiger partial charge in [0.1, 0.15) is 0 Å². The molecule has 1 saturated carbocycles. The van der Waals surface area contributed by atoms with Crippen LogP contribution in [0.15, 0.2) is 12.7 Å². The predicted octanol–water partition coefficient (Wildman–Crippen LogP) is 2.59. The van der Waals surface area contributed by atoms with E-state index in [4.69, 9.17) is 4.18 Å². The van der Waals surface area contributed by atoms with Gasteiger partial charge in [0.25, 0.3) is 0 Å². The maximum Gasteiger partial charge on any atom is 0.0719 e. The van der Waals surface area contributed by atoms with Crippen LogP contribution in [0.25, 0.3) is 0 Å². The Hall–Kier alpha value is 0.0500. The molecule has 58 valence electrons. The Labute approximate surface area is 68.1 Å². The minimum absolute atomic E-state index is 0.388. The Morgan fingerprint density at radius 2 is 1.90 bits per heavy atom. The maximum atomic E-state index is 4.94. The van der Waals surface area contributed by atoms with Gasteiger partial charge in [0, 0.05) is 0 Å². The molecule has 0 atom stereocenters. The highest BCUT2D eigenvalue weighted by Crippen LogP contribution is 2.26. The monoisotopic (exact) mass is 158 g/mol. The van der Waals surface area contributed by atoms with Crippen LogP contribution in [-0.4, -0.2) is 6.10 Å². The van der Waals surface area contributed by atoms with E-state index in [0.29, 0.717) is 6.10 Å². The van der Waals surface area contributed by atoms with Crippen LogP contribution in [0.2, 0.25) is 0 Å². The van der Waals surface area contributed by atoms with Crippen molar-refractivity contribution in [2.75, 3.05) is 0 Å². The Bertz CT molecular complexity index is 106. The molecule has 0 heterocycles. The first-order valence-corrected chi connectivity index (χ1v) is 4.16. The minimum Gasteiger partial charge on any atom is -0.315 e. The van der Waals surface area contributed by atoms with Crippen molar-refractivity contribution >= 4 is 12.9 Å². The molecule has 1 rings (SSSR count). The fourth-order valence-electron chi connectivity index (χ4n) is 1.43. The summed E-state index contributed by atoms with van der Waals surface area (Å²) in [6.07, 6.45) is 7.15. The molecule has 0 aromatic heterocycles. The van der Waals surface area contributed by atoms with E-state index >= 15 is 0 Å². The van der Waals surface area contributed by atoms with Crippen molar-refractivity contribution in [3.63, 3.8) is 0 Å². The molecule has 1 aliphatic rings. The molecule has 0 N–H and O–H groups in total. The van der Waals surface area contributed by atoms with Crippen molar-refractivity contribution < 1.29 is 4.18 Å². The first kappa shape index (κ1) is 8.15. The van der Waals surface area contributed by atoms with E-state index in [1.165, 1.54) is 12.8 Å². The molecule has 0 spiro atoms. The third kappa shape index (κ3) is 2.03. The van der Waals surface area contributed by atoms with Gasteiger partial charge in [-0.3, -0.25) is 0 Å². The average Bonchev–Trinajstić information content (AvgIpc) is 2.05. The fourth-order valence-corrected chi connectivity index (χ4v) is 1.64. The summed E-state index contributed by atoms with van der Waals surface area (Å²) in [5, 5.41) is 0. The van der Waals surface area contributed by atoms with Gasteiger partial charge in [0.05, 0.1) is 6.10 Å². The standard InChI is InChI=1S/C8H14OS/c1-2-7-3-5-8(9-10)6-4-7/h2,7-8,10H,1,3-6H2. The van der Waals surface area contributed by atoms with E-state index in [1.54, 1.807) is 0 Å². The first-order chi connectivity index (χ1) is 4.86. The molecule has 0 unspecified atom stereocenters. The SMILES string of the molecule is C=CC1CCC(OS)CC1. The van der Waals surface area contributed by atoms with Crippen LogP contribution in [0.3, 0.4) is 0 Å². The van der Waals surface area contributed by atoms with E-state index < -0.39 is 0 Å². The molecule has 2 heteroatoms. The van der Waals surface area contributed by atoms with Crippen LogP contribution < -0.4 is 0 Å². The highest BCUT2D eigenvalue weighted by molar-refractivity contribution is 7.75. The van der Waals surface area contributed by atoms with Crippen molar-refractivity contribution in [2.45, 2.75) is 31.8 Å². The molecular formula is C8H14OS.